The Bertz CT molecular complexity index is 607. The molecule has 2 heterocycles. The molecular weight excluding hydrogens is 258 g/mol. The molecule has 0 fully saturated rings. The van der Waals surface area contributed by atoms with Crippen LogP contribution >= 0.6 is 0 Å². The van der Waals surface area contributed by atoms with E-state index in [1.54, 1.807) is 4.40 Å². The second kappa shape index (κ2) is 6.49. The van der Waals surface area contributed by atoms with Gasteiger partial charge in [0, 0.05) is 12.7 Å². The molecule has 0 aliphatic heterocycles. The largest absolute Gasteiger partial charge is 0.394 e. The van der Waals surface area contributed by atoms with Gasteiger partial charge in [-0.15, -0.1) is 0 Å². The molecule has 0 atom stereocenters. The highest BCUT2D eigenvalue weighted by Gasteiger charge is 2.15. The monoisotopic (exact) mass is 277 g/mol. The molecule has 2 rings (SSSR count). The highest BCUT2D eigenvalue weighted by Crippen LogP contribution is 2.13. The normalized spacial score (nSPS) is 10.9. The minimum atomic E-state index is -0.173. The van der Waals surface area contributed by atoms with Crippen LogP contribution < -0.4 is 5.32 Å². The van der Waals surface area contributed by atoms with Crippen LogP contribution in [0.5, 0.6) is 0 Å². The van der Waals surface area contributed by atoms with Crippen LogP contribution in [0.3, 0.4) is 0 Å². The van der Waals surface area contributed by atoms with Gasteiger partial charge < -0.3 is 15.2 Å². The zero-order valence-electron chi connectivity index (χ0n) is 11.7. The fraction of sp³-hybridized carbons (Fsp3) is 0.429. The topological polar surface area (TPSA) is 75.9 Å². The lowest BCUT2D eigenvalue weighted by Crippen LogP contribution is -2.29. The number of aryl methyl sites for hydroxylation is 2. The van der Waals surface area contributed by atoms with Crippen molar-refractivity contribution in [2.24, 2.45) is 0 Å². The van der Waals surface area contributed by atoms with Crippen LogP contribution in [0.1, 0.15) is 21.7 Å². The van der Waals surface area contributed by atoms with Gasteiger partial charge >= 0.3 is 0 Å². The average molecular weight is 277 g/mol. The van der Waals surface area contributed by atoms with Crippen LogP contribution in [-0.4, -0.2) is 46.8 Å². The predicted molar refractivity (Wildman–Crippen MR) is 74.9 cm³/mol. The van der Waals surface area contributed by atoms with E-state index in [-0.39, 0.29) is 19.1 Å². The molecule has 2 aromatic heterocycles. The van der Waals surface area contributed by atoms with Crippen LogP contribution in [0.2, 0.25) is 0 Å². The minimum absolute atomic E-state index is 0.0143. The summed E-state index contributed by atoms with van der Waals surface area (Å²) in [6, 6.07) is 3.86. The Labute approximate surface area is 117 Å². The van der Waals surface area contributed by atoms with Crippen LogP contribution in [0.15, 0.2) is 18.3 Å². The Kier molecular flexibility index (Phi) is 4.70. The van der Waals surface area contributed by atoms with Crippen molar-refractivity contribution >= 4 is 11.6 Å². The third kappa shape index (κ3) is 3.15. The van der Waals surface area contributed by atoms with E-state index >= 15 is 0 Å². The second-order valence-corrected chi connectivity index (χ2v) is 4.57. The van der Waals surface area contributed by atoms with Gasteiger partial charge in [0.15, 0.2) is 0 Å². The molecule has 0 saturated heterocycles. The van der Waals surface area contributed by atoms with Crippen molar-refractivity contribution in [1.29, 1.82) is 0 Å². The van der Waals surface area contributed by atoms with Gasteiger partial charge in [-0.05, 0) is 25.5 Å². The molecule has 0 spiro atoms. The van der Waals surface area contributed by atoms with E-state index in [1.807, 2.05) is 32.2 Å². The highest BCUT2D eigenvalue weighted by molar-refractivity contribution is 5.94. The molecular formula is C14H19N3O3. The Morgan fingerprint density at radius 1 is 1.40 bits per heavy atom. The molecule has 0 unspecified atom stereocenters. The first-order valence-corrected chi connectivity index (χ1v) is 6.55. The van der Waals surface area contributed by atoms with Gasteiger partial charge in [-0.3, -0.25) is 9.20 Å². The lowest BCUT2D eigenvalue weighted by atomic mass is 10.3. The number of aliphatic hydroxyl groups excluding tert-OH is 1. The average Bonchev–Trinajstić information content (AvgIpc) is 2.73. The lowest BCUT2D eigenvalue weighted by Gasteiger charge is -2.06. The summed E-state index contributed by atoms with van der Waals surface area (Å²) < 4.78 is 6.90. The number of pyridine rings is 1. The van der Waals surface area contributed by atoms with Crippen molar-refractivity contribution in [1.82, 2.24) is 14.7 Å². The lowest BCUT2D eigenvalue weighted by molar-refractivity contribution is 0.0834. The molecule has 0 saturated carbocycles. The zero-order chi connectivity index (χ0) is 14.5. The number of fused-ring (bicyclic) bond motifs is 1. The standard InChI is InChI=1S/C14H19N3O3/c1-10-3-4-12-16-11(2)13(17(12)9-10)14(19)15-5-7-20-8-6-18/h3-4,9,18H,5-8H2,1-2H3,(H,15,19). The molecule has 0 aliphatic rings. The maximum absolute atomic E-state index is 12.2. The molecule has 0 bridgehead atoms. The maximum atomic E-state index is 12.2. The van der Waals surface area contributed by atoms with Gasteiger partial charge in [0.1, 0.15) is 11.3 Å². The molecule has 2 aromatic rings. The molecule has 6 nitrogen and oxygen atoms in total. The fourth-order valence-corrected chi connectivity index (χ4v) is 2.03. The molecule has 0 aliphatic carbocycles. The number of nitrogens with one attached hydrogen (secondary N) is 1. The van der Waals surface area contributed by atoms with Gasteiger partial charge in [-0.25, -0.2) is 4.98 Å². The summed E-state index contributed by atoms with van der Waals surface area (Å²) in [7, 11) is 0. The van der Waals surface area contributed by atoms with Crippen molar-refractivity contribution in [3.8, 4) is 0 Å². The number of aliphatic hydroxyl groups is 1. The van der Waals surface area contributed by atoms with E-state index in [0.717, 1.165) is 11.2 Å². The van der Waals surface area contributed by atoms with Crippen molar-refractivity contribution < 1.29 is 14.6 Å². The van der Waals surface area contributed by atoms with Gasteiger partial charge in [-0.1, -0.05) is 6.07 Å². The number of rotatable bonds is 6. The van der Waals surface area contributed by atoms with Crippen LogP contribution in [0, 0.1) is 13.8 Å². The number of ether oxygens (including phenoxy) is 1. The Balaban J connectivity index is 2.09. The molecule has 6 heteroatoms. The smallest absolute Gasteiger partial charge is 0.270 e. The minimum Gasteiger partial charge on any atom is -0.394 e. The van der Waals surface area contributed by atoms with Crippen molar-refractivity contribution in [2.45, 2.75) is 13.8 Å². The van der Waals surface area contributed by atoms with Crippen LogP contribution in [0.25, 0.3) is 5.65 Å². The summed E-state index contributed by atoms with van der Waals surface area (Å²) in [5, 5.41) is 11.4. The van der Waals surface area contributed by atoms with Crippen molar-refractivity contribution in [2.75, 3.05) is 26.4 Å². The first-order chi connectivity index (χ1) is 9.63. The number of hydrogen-bond donors (Lipinski definition) is 2. The third-order valence-corrected chi connectivity index (χ3v) is 2.92. The van der Waals surface area contributed by atoms with Gasteiger partial charge in [-0.2, -0.15) is 0 Å². The number of carbonyl (C=O) groups is 1. The number of imidazole rings is 1. The summed E-state index contributed by atoms with van der Waals surface area (Å²) in [6.07, 6.45) is 1.90. The van der Waals surface area contributed by atoms with Crippen LogP contribution in [-0.2, 0) is 4.74 Å². The first-order valence-electron chi connectivity index (χ1n) is 6.55. The molecule has 20 heavy (non-hydrogen) atoms. The second-order valence-electron chi connectivity index (χ2n) is 4.57. The van der Waals surface area contributed by atoms with Crippen molar-refractivity contribution in [3.63, 3.8) is 0 Å². The Morgan fingerprint density at radius 3 is 2.95 bits per heavy atom. The quantitative estimate of drug-likeness (QED) is 0.762. The molecule has 0 aromatic carbocycles. The number of nitrogens with zero attached hydrogens (tertiary/aromatic N) is 2. The van der Waals surface area contributed by atoms with Gasteiger partial charge in [0.05, 0.1) is 25.5 Å². The summed E-state index contributed by atoms with van der Waals surface area (Å²) in [6.45, 7) is 4.83. The maximum Gasteiger partial charge on any atom is 0.270 e. The van der Waals surface area contributed by atoms with Gasteiger partial charge in [0.25, 0.3) is 5.91 Å². The van der Waals surface area contributed by atoms with E-state index in [1.165, 1.54) is 0 Å². The SMILES string of the molecule is Cc1ccc2nc(C)c(C(=O)NCCOCCO)n2c1. The number of carbonyl (C=O) groups excluding carboxylic acids is 1. The molecule has 0 radical (unpaired) electrons. The van der Waals surface area contributed by atoms with E-state index in [4.69, 9.17) is 9.84 Å². The Hall–Kier alpha value is -1.92. The zero-order valence-corrected chi connectivity index (χ0v) is 11.7. The van der Waals surface area contributed by atoms with Gasteiger partial charge in [0.2, 0.25) is 0 Å². The molecule has 2 N–H and O–H groups in total. The van der Waals surface area contributed by atoms with E-state index in [2.05, 4.69) is 10.3 Å². The van der Waals surface area contributed by atoms with Crippen LogP contribution in [0.4, 0.5) is 0 Å². The molecule has 1 amide bonds. The molecule has 108 valence electrons. The summed E-state index contributed by atoms with van der Waals surface area (Å²) in [5.41, 5.74) is 3.07. The number of aromatic nitrogens is 2. The first kappa shape index (κ1) is 14.5. The van der Waals surface area contributed by atoms with E-state index < -0.39 is 0 Å². The van der Waals surface area contributed by atoms with Crippen molar-refractivity contribution in [3.05, 3.63) is 35.3 Å². The Morgan fingerprint density at radius 2 is 2.20 bits per heavy atom. The predicted octanol–water partition coefficient (Wildman–Crippen LogP) is 0.690. The van der Waals surface area contributed by atoms with E-state index in [9.17, 15) is 4.79 Å². The third-order valence-electron chi connectivity index (χ3n) is 2.92. The number of hydrogen-bond acceptors (Lipinski definition) is 4. The summed E-state index contributed by atoms with van der Waals surface area (Å²) in [4.78, 5) is 16.6. The number of amides is 1. The highest BCUT2D eigenvalue weighted by atomic mass is 16.5. The summed E-state index contributed by atoms with van der Waals surface area (Å²) >= 11 is 0. The fourth-order valence-electron chi connectivity index (χ4n) is 2.03. The van der Waals surface area contributed by atoms with E-state index in [0.29, 0.717) is 24.5 Å². The summed E-state index contributed by atoms with van der Waals surface area (Å²) in [5.74, 6) is -0.173.